The number of hydrogen-bond acceptors (Lipinski definition) is 7. The Kier molecular flexibility index (Phi) is 10.8. The molecule has 1 rings (SSSR count). The van der Waals surface area contributed by atoms with E-state index in [1.807, 2.05) is 0 Å². The molecule has 0 aliphatic carbocycles. The van der Waals surface area contributed by atoms with Gasteiger partial charge in [-0.1, -0.05) is 0 Å². The second-order valence-electron chi connectivity index (χ2n) is 6.35. The zero-order chi connectivity index (χ0) is 20.2. The van der Waals surface area contributed by atoms with Crippen molar-refractivity contribution in [1.29, 1.82) is 0 Å². The summed E-state index contributed by atoms with van der Waals surface area (Å²) in [5.41, 5.74) is 5.37. The number of nitrogens with two attached hydrogens (primary N) is 1. The monoisotopic (exact) mass is 403 g/mol. The molecule has 1 aliphatic heterocycles. The molecule has 1 saturated heterocycles. The summed E-state index contributed by atoms with van der Waals surface area (Å²) < 4.78 is 0. The Balaban J connectivity index is 2.41. The van der Waals surface area contributed by atoms with E-state index in [2.05, 4.69) is 33.9 Å². The van der Waals surface area contributed by atoms with Gasteiger partial charge < -0.3 is 32.1 Å². The Labute approximate surface area is 163 Å². The summed E-state index contributed by atoms with van der Waals surface area (Å²) in [6, 6.07) is -2.24. The lowest BCUT2D eigenvalue weighted by Gasteiger charge is -2.19. The average molecular weight is 404 g/mol. The second kappa shape index (κ2) is 12.5. The first-order chi connectivity index (χ1) is 12.9. The van der Waals surface area contributed by atoms with Crippen LogP contribution in [0.3, 0.4) is 0 Å². The van der Waals surface area contributed by atoms with E-state index in [-0.39, 0.29) is 30.7 Å². The van der Waals surface area contributed by atoms with Crippen LogP contribution in [0.15, 0.2) is 0 Å². The van der Waals surface area contributed by atoms with Gasteiger partial charge in [-0.3, -0.25) is 14.4 Å². The largest absolute Gasteiger partial charge is 0.480 e. The first-order valence-corrected chi connectivity index (χ1v) is 9.66. The van der Waals surface area contributed by atoms with Gasteiger partial charge in [-0.05, 0) is 45.2 Å². The molecule has 0 saturated carbocycles. The summed E-state index contributed by atoms with van der Waals surface area (Å²) in [6.45, 7) is 0.816. The van der Waals surface area contributed by atoms with Crippen molar-refractivity contribution in [2.45, 2.75) is 50.2 Å². The summed E-state index contributed by atoms with van der Waals surface area (Å²) in [7, 11) is 0. The van der Waals surface area contributed by atoms with E-state index in [4.69, 9.17) is 10.8 Å². The summed E-state index contributed by atoms with van der Waals surface area (Å²) in [5.74, 6) is -2.53. The number of nitrogens with one attached hydrogen (secondary N) is 4. The molecule has 27 heavy (non-hydrogen) atoms. The molecule has 0 spiro atoms. The molecule has 7 N–H and O–H groups in total. The van der Waals surface area contributed by atoms with Gasteiger partial charge in [0.05, 0.1) is 12.6 Å². The van der Waals surface area contributed by atoms with Crippen LogP contribution in [-0.4, -0.2) is 72.3 Å². The molecular formula is C16H29N5O5S. The second-order valence-corrected chi connectivity index (χ2v) is 6.72. The van der Waals surface area contributed by atoms with E-state index in [9.17, 15) is 19.2 Å². The molecule has 0 aromatic carbocycles. The zero-order valence-corrected chi connectivity index (χ0v) is 16.1. The van der Waals surface area contributed by atoms with E-state index in [0.29, 0.717) is 25.8 Å². The number of rotatable bonds is 12. The van der Waals surface area contributed by atoms with E-state index in [1.165, 1.54) is 0 Å². The number of unbranched alkanes of at least 4 members (excludes halogenated alkanes) is 1. The molecule has 0 aromatic heterocycles. The van der Waals surface area contributed by atoms with Crippen LogP contribution in [0, 0.1) is 0 Å². The highest BCUT2D eigenvalue weighted by Crippen LogP contribution is 2.05. The van der Waals surface area contributed by atoms with Crippen LogP contribution < -0.4 is 27.0 Å². The highest BCUT2D eigenvalue weighted by molar-refractivity contribution is 7.80. The van der Waals surface area contributed by atoms with Crippen LogP contribution in [0.2, 0.25) is 0 Å². The highest BCUT2D eigenvalue weighted by atomic mass is 32.1. The van der Waals surface area contributed by atoms with Crippen LogP contribution >= 0.6 is 12.6 Å². The number of carbonyl (C=O) groups excluding carboxylic acids is 3. The van der Waals surface area contributed by atoms with Gasteiger partial charge in [-0.15, -0.1) is 0 Å². The maximum absolute atomic E-state index is 12.2. The molecule has 3 atom stereocenters. The summed E-state index contributed by atoms with van der Waals surface area (Å²) in [6.07, 6.45) is 3.09. The van der Waals surface area contributed by atoms with Crippen molar-refractivity contribution in [3.05, 3.63) is 0 Å². The van der Waals surface area contributed by atoms with Gasteiger partial charge in [0.1, 0.15) is 12.1 Å². The normalized spacial score (nSPS) is 18.4. The van der Waals surface area contributed by atoms with Gasteiger partial charge >= 0.3 is 5.97 Å². The van der Waals surface area contributed by atoms with Gasteiger partial charge in [-0.2, -0.15) is 12.6 Å². The lowest BCUT2D eigenvalue weighted by molar-refractivity contribution is -0.142. The Bertz CT molecular complexity index is 527. The lowest BCUT2D eigenvalue weighted by atomic mass is 10.1. The Hall–Kier alpha value is -1.85. The third-order valence-electron chi connectivity index (χ3n) is 4.20. The molecule has 3 unspecified atom stereocenters. The van der Waals surface area contributed by atoms with Crippen molar-refractivity contribution in [3.8, 4) is 0 Å². The minimum Gasteiger partial charge on any atom is -0.480 e. The van der Waals surface area contributed by atoms with Crippen LogP contribution in [0.4, 0.5) is 0 Å². The molecule has 1 fully saturated rings. The SMILES string of the molecule is NCCCCC(NC(=O)CNC(=O)C(CS)NC(=O)C1CCCN1)C(=O)O. The maximum Gasteiger partial charge on any atom is 0.326 e. The molecule has 1 aliphatic rings. The van der Waals surface area contributed by atoms with Crippen molar-refractivity contribution < 1.29 is 24.3 Å². The smallest absolute Gasteiger partial charge is 0.326 e. The zero-order valence-electron chi connectivity index (χ0n) is 15.2. The van der Waals surface area contributed by atoms with Crippen LogP contribution in [-0.2, 0) is 19.2 Å². The van der Waals surface area contributed by atoms with Crippen LogP contribution in [0.25, 0.3) is 0 Å². The van der Waals surface area contributed by atoms with E-state index < -0.39 is 29.9 Å². The van der Waals surface area contributed by atoms with Gasteiger partial charge in [0.2, 0.25) is 17.7 Å². The summed E-state index contributed by atoms with van der Waals surface area (Å²) in [5, 5.41) is 19.5. The van der Waals surface area contributed by atoms with E-state index in [0.717, 1.165) is 13.0 Å². The predicted octanol–water partition coefficient (Wildman–Crippen LogP) is -2.03. The van der Waals surface area contributed by atoms with Crippen molar-refractivity contribution in [2.75, 3.05) is 25.4 Å². The van der Waals surface area contributed by atoms with Crippen LogP contribution in [0.5, 0.6) is 0 Å². The molecule has 1 heterocycles. The van der Waals surface area contributed by atoms with E-state index in [1.54, 1.807) is 0 Å². The molecule has 10 nitrogen and oxygen atoms in total. The van der Waals surface area contributed by atoms with Crippen molar-refractivity contribution in [1.82, 2.24) is 21.3 Å². The minimum absolute atomic E-state index is 0.0722. The van der Waals surface area contributed by atoms with Crippen molar-refractivity contribution >= 4 is 36.3 Å². The Morgan fingerprint density at radius 2 is 1.93 bits per heavy atom. The molecule has 0 aromatic rings. The molecule has 11 heteroatoms. The standard InChI is InChI=1S/C16H29N5O5S/c17-6-2-1-4-11(16(25)26)20-13(22)8-19-14(23)12(9-27)21-15(24)10-5-3-7-18-10/h10-12,18,27H,1-9,17H2,(H,19,23)(H,20,22)(H,21,24)(H,25,26). The van der Waals surface area contributed by atoms with Crippen molar-refractivity contribution in [3.63, 3.8) is 0 Å². The van der Waals surface area contributed by atoms with E-state index >= 15 is 0 Å². The molecule has 154 valence electrons. The highest BCUT2D eigenvalue weighted by Gasteiger charge is 2.27. The van der Waals surface area contributed by atoms with Crippen LogP contribution in [0.1, 0.15) is 32.1 Å². The molecule has 0 radical (unpaired) electrons. The summed E-state index contributed by atoms with van der Waals surface area (Å²) >= 11 is 4.06. The number of hydrogen-bond donors (Lipinski definition) is 7. The number of carbonyl (C=O) groups is 4. The Morgan fingerprint density at radius 3 is 2.48 bits per heavy atom. The topological polar surface area (TPSA) is 163 Å². The quantitative estimate of drug-likeness (QED) is 0.146. The van der Waals surface area contributed by atoms with Crippen molar-refractivity contribution in [2.24, 2.45) is 5.73 Å². The third kappa shape index (κ3) is 8.59. The van der Waals surface area contributed by atoms with Gasteiger partial charge in [0, 0.05) is 5.75 Å². The first-order valence-electron chi connectivity index (χ1n) is 9.03. The first kappa shape index (κ1) is 23.2. The predicted molar refractivity (Wildman–Crippen MR) is 102 cm³/mol. The average Bonchev–Trinajstić information content (AvgIpc) is 3.18. The van der Waals surface area contributed by atoms with Gasteiger partial charge in [-0.25, -0.2) is 4.79 Å². The fourth-order valence-corrected chi connectivity index (χ4v) is 2.92. The number of amides is 3. The fraction of sp³-hybridized carbons (Fsp3) is 0.750. The number of carboxylic acids is 1. The molecule has 3 amide bonds. The third-order valence-corrected chi connectivity index (χ3v) is 4.56. The summed E-state index contributed by atoms with van der Waals surface area (Å²) in [4.78, 5) is 47.3. The maximum atomic E-state index is 12.2. The van der Waals surface area contributed by atoms with Gasteiger partial charge in [0.15, 0.2) is 0 Å². The van der Waals surface area contributed by atoms with Gasteiger partial charge in [0.25, 0.3) is 0 Å². The fourth-order valence-electron chi connectivity index (χ4n) is 2.66. The molecule has 0 bridgehead atoms. The minimum atomic E-state index is -1.14. The number of thiol groups is 1. The lowest BCUT2D eigenvalue weighted by Crippen LogP contribution is -2.54. The molecular weight excluding hydrogens is 374 g/mol. The number of aliphatic carboxylic acids is 1. The number of carboxylic acid groups (broad SMARTS) is 1. The Morgan fingerprint density at radius 1 is 1.19 bits per heavy atom.